The van der Waals surface area contributed by atoms with Crippen LogP contribution in [0.25, 0.3) is 0 Å². The Bertz CT molecular complexity index is 1350. The van der Waals surface area contributed by atoms with E-state index < -0.39 is 45.3 Å². The van der Waals surface area contributed by atoms with Crippen molar-refractivity contribution in [3.63, 3.8) is 0 Å². The second-order valence-electron chi connectivity index (χ2n) is 10.3. The van der Waals surface area contributed by atoms with Crippen molar-refractivity contribution in [2.75, 3.05) is 0 Å². The van der Waals surface area contributed by atoms with E-state index in [0.717, 1.165) is 5.56 Å². The fourth-order valence-electron chi connectivity index (χ4n) is 3.92. The molecular weight excluding hydrogens is 522 g/mol. The normalized spacial score (nSPS) is 13.4. The summed E-state index contributed by atoms with van der Waals surface area (Å²) < 4.78 is 62.5. The van der Waals surface area contributed by atoms with Gasteiger partial charge in [0.15, 0.2) is 6.04 Å². The molecular formula is C30H34F2N2O4S. The van der Waals surface area contributed by atoms with E-state index in [1.165, 1.54) is 60.7 Å². The number of benzene rings is 3. The van der Waals surface area contributed by atoms with Gasteiger partial charge in [-0.25, -0.2) is 26.7 Å². The lowest BCUT2D eigenvalue weighted by Crippen LogP contribution is -2.48. The molecule has 0 saturated heterocycles. The molecule has 0 saturated carbocycles. The minimum Gasteiger partial charge on any atom is -0.458 e. The molecule has 0 unspecified atom stereocenters. The standard InChI is InChI=1S/C30H34F2N2O4S/c1-6-7-26(34-39(36,37)25-18-8-20(2)9-19-25)28(29(35)38-30(3,4)5)33-27(21-10-14-23(31)15-11-21)22-12-16-24(32)17-13-22/h8-19,26,28,34H,6-7H2,1-5H3/t26-,28+/m1/s1. The van der Waals surface area contributed by atoms with E-state index in [1.807, 2.05) is 13.8 Å². The van der Waals surface area contributed by atoms with Crippen LogP contribution in [-0.2, 0) is 19.6 Å². The van der Waals surface area contributed by atoms with Crippen molar-refractivity contribution < 1.29 is 26.7 Å². The Kier molecular flexibility index (Phi) is 9.74. The zero-order chi connectivity index (χ0) is 28.8. The van der Waals surface area contributed by atoms with Crippen molar-refractivity contribution in [2.45, 2.75) is 70.0 Å². The Hall–Kier alpha value is -3.43. The topological polar surface area (TPSA) is 84.8 Å². The summed E-state index contributed by atoms with van der Waals surface area (Å²) in [6, 6.07) is 15.1. The smallest absolute Gasteiger partial charge is 0.333 e. The maximum Gasteiger partial charge on any atom is 0.333 e. The molecule has 0 aliphatic heterocycles. The summed E-state index contributed by atoms with van der Waals surface area (Å²) in [6.07, 6.45) is 0.816. The van der Waals surface area contributed by atoms with Crippen LogP contribution in [0.3, 0.4) is 0 Å². The first kappa shape index (κ1) is 30.1. The van der Waals surface area contributed by atoms with E-state index in [2.05, 4.69) is 4.72 Å². The van der Waals surface area contributed by atoms with Gasteiger partial charge in [-0.05, 0) is 94.8 Å². The number of nitrogens with one attached hydrogen (secondary N) is 1. The minimum absolute atomic E-state index is 0.0541. The third kappa shape index (κ3) is 8.53. The highest BCUT2D eigenvalue weighted by molar-refractivity contribution is 7.89. The van der Waals surface area contributed by atoms with E-state index in [0.29, 0.717) is 17.5 Å². The van der Waals surface area contributed by atoms with E-state index in [9.17, 15) is 22.0 Å². The van der Waals surface area contributed by atoms with Gasteiger partial charge in [0.1, 0.15) is 17.2 Å². The maximum absolute atomic E-state index is 13.7. The van der Waals surface area contributed by atoms with Gasteiger partial charge in [-0.3, -0.25) is 4.99 Å². The molecule has 3 rings (SSSR count). The van der Waals surface area contributed by atoms with E-state index >= 15 is 0 Å². The first-order valence-electron chi connectivity index (χ1n) is 12.7. The SMILES string of the molecule is CCC[C@@H](NS(=O)(=O)c1ccc(C)cc1)[C@H](N=C(c1ccc(F)cc1)c1ccc(F)cc1)C(=O)OC(C)(C)C. The third-order valence-electron chi connectivity index (χ3n) is 5.77. The summed E-state index contributed by atoms with van der Waals surface area (Å²) >= 11 is 0. The number of carbonyl (C=O) groups excluding carboxylic acids is 1. The number of esters is 1. The molecule has 0 heterocycles. The maximum atomic E-state index is 13.7. The molecule has 2 atom stereocenters. The van der Waals surface area contributed by atoms with E-state index in [4.69, 9.17) is 9.73 Å². The zero-order valence-electron chi connectivity index (χ0n) is 22.7. The average molecular weight is 557 g/mol. The van der Waals surface area contributed by atoms with E-state index in [-0.39, 0.29) is 17.0 Å². The van der Waals surface area contributed by atoms with Crippen molar-refractivity contribution in [2.24, 2.45) is 4.99 Å². The first-order valence-corrected chi connectivity index (χ1v) is 14.2. The molecule has 0 aliphatic carbocycles. The summed E-state index contributed by atoms with van der Waals surface area (Å²) in [7, 11) is -4.02. The summed E-state index contributed by atoms with van der Waals surface area (Å²) in [5, 5.41) is 0. The van der Waals surface area contributed by atoms with Gasteiger partial charge in [0, 0.05) is 11.1 Å². The molecule has 0 aliphatic rings. The molecule has 0 bridgehead atoms. The van der Waals surface area contributed by atoms with Gasteiger partial charge in [-0.15, -0.1) is 0 Å². The van der Waals surface area contributed by atoms with Crippen molar-refractivity contribution >= 4 is 21.7 Å². The number of nitrogens with zero attached hydrogens (tertiary/aromatic N) is 1. The van der Waals surface area contributed by atoms with Gasteiger partial charge in [-0.2, -0.15) is 0 Å². The highest BCUT2D eigenvalue weighted by atomic mass is 32.2. The van der Waals surface area contributed by atoms with Crippen LogP contribution >= 0.6 is 0 Å². The molecule has 0 spiro atoms. The molecule has 208 valence electrons. The Labute approximate surface area is 229 Å². The number of hydrogen-bond acceptors (Lipinski definition) is 5. The zero-order valence-corrected chi connectivity index (χ0v) is 23.6. The molecule has 3 aromatic rings. The second kappa shape index (κ2) is 12.6. The number of ether oxygens (including phenoxy) is 1. The highest BCUT2D eigenvalue weighted by Gasteiger charge is 2.35. The van der Waals surface area contributed by atoms with Crippen LogP contribution in [0.15, 0.2) is 82.7 Å². The van der Waals surface area contributed by atoms with Crippen LogP contribution in [0.5, 0.6) is 0 Å². The van der Waals surface area contributed by atoms with Gasteiger partial charge in [-0.1, -0.05) is 31.0 Å². The fraction of sp³-hybridized carbons (Fsp3) is 0.333. The van der Waals surface area contributed by atoms with Gasteiger partial charge in [0.25, 0.3) is 0 Å². The van der Waals surface area contributed by atoms with Crippen LogP contribution in [-0.4, -0.2) is 37.8 Å². The number of sulfonamides is 1. The van der Waals surface area contributed by atoms with Gasteiger partial charge in [0.05, 0.1) is 16.6 Å². The summed E-state index contributed by atoms with van der Waals surface area (Å²) in [5.74, 6) is -1.65. The number of rotatable bonds is 10. The monoisotopic (exact) mass is 556 g/mol. The Balaban J connectivity index is 2.17. The van der Waals surface area contributed by atoms with Crippen molar-refractivity contribution in [1.82, 2.24) is 4.72 Å². The van der Waals surface area contributed by atoms with E-state index in [1.54, 1.807) is 32.9 Å². The lowest BCUT2D eigenvalue weighted by atomic mass is 9.99. The first-order chi connectivity index (χ1) is 18.3. The van der Waals surface area contributed by atoms with Gasteiger partial charge >= 0.3 is 5.97 Å². The number of aliphatic imine (C=N–C) groups is 1. The summed E-state index contributed by atoms with van der Waals surface area (Å²) in [4.78, 5) is 18.4. The molecule has 39 heavy (non-hydrogen) atoms. The molecule has 6 nitrogen and oxygen atoms in total. The van der Waals surface area contributed by atoms with Gasteiger partial charge < -0.3 is 4.74 Å². The van der Waals surface area contributed by atoms with Crippen LogP contribution in [0.4, 0.5) is 8.78 Å². The molecule has 9 heteroatoms. The summed E-state index contributed by atoms with van der Waals surface area (Å²) in [5.41, 5.74) is 1.23. The predicted octanol–water partition coefficient (Wildman–Crippen LogP) is 5.97. The quantitative estimate of drug-likeness (QED) is 0.246. The lowest BCUT2D eigenvalue weighted by Gasteiger charge is -2.28. The molecule has 0 fully saturated rings. The van der Waals surface area contributed by atoms with Gasteiger partial charge in [0.2, 0.25) is 10.0 Å². The predicted molar refractivity (Wildman–Crippen MR) is 148 cm³/mol. The fourth-order valence-corrected chi connectivity index (χ4v) is 5.19. The average Bonchev–Trinajstić information content (AvgIpc) is 2.85. The molecule has 0 amide bonds. The Morgan fingerprint density at radius 3 is 1.82 bits per heavy atom. The molecule has 0 aromatic heterocycles. The molecule has 3 aromatic carbocycles. The Morgan fingerprint density at radius 1 is 0.897 bits per heavy atom. The lowest BCUT2D eigenvalue weighted by molar-refractivity contribution is -0.157. The van der Waals surface area contributed by atoms with Crippen molar-refractivity contribution in [3.05, 3.63) is 101 Å². The van der Waals surface area contributed by atoms with Crippen molar-refractivity contribution in [1.29, 1.82) is 0 Å². The van der Waals surface area contributed by atoms with Crippen LogP contribution in [0.1, 0.15) is 57.2 Å². The largest absolute Gasteiger partial charge is 0.458 e. The van der Waals surface area contributed by atoms with Crippen LogP contribution < -0.4 is 4.72 Å². The summed E-state index contributed by atoms with van der Waals surface area (Å²) in [6.45, 7) is 8.83. The molecule has 1 N–H and O–H groups in total. The highest BCUT2D eigenvalue weighted by Crippen LogP contribution is 2.21. The van der Waals surface area contributed by atoms with Crippen LogP contribution in [0, 0.1) is 18.6 Å². The van der Waals surface area contributed by atoms with Crippen molar-refractivity contribution in [3.8, 4) is 0 Å². The second-order valence-corrected chi connectivity index (χ2v) is 12.0. The minimum atomic E-state index is -4.02. The number of halogens is 2. The number of aryl methyl sites for hydroxylation is 1. The Morgan fingerprint density at radius 2 is 1.38 bits per heavy atom. The molecule has 0 radical (unpaired) electrons. The van der Waals surface area contributed by atoms with Crippen LogP contribution in [0.2, 0.25) is 0 Å². The number of carbonyl (C=O) groups is 1. The number of hydrogen-bond donors (Lipinski definition) is 1. The third-order valence-corrected chi connectivity index (χ3v) is 7.28.